The number of aryl methyl sites for hydroxylation is 1. The van der Waals surface area contributed by atoms with Crippen LogP contribution < -0.4 is 4.65 Å². The summed E-state index contributed by atoms with van der Waals surface area (Å²) in [7, 11) is -1.71. The van der Waals surface area contributed by atoms with Crippen LogP contribution in [0.15, 0.2) is 11.4 Å². The molecule has 0 aliphatic carbocycles. The highest BCUT2D eigenvalue weighted by atomic mass is 32.1. The summed E-state index contributed by atoms with van der Waals surface area (Å²) in [6.45, 7) is 2.03. The lowest BCUT2D eigenvalue weighted by Gasteiger charge is -1.97. The van der Waals surface area contributed by atoms with Gasteiger partial charge in [-0.1, -0.05) is 6.92 Å². The molecular weight excluding hydrogens is 163 g/mol. The third kappa shape index (κ3) is 2.53. The zero-order chi connectivity index (χ0) is 8.27. The van der Waals surface area contributed by atoms with Gasteiger partial charge in [0.05, 0.1) is 0 Å². The van der Waals surface area contributed by atoms with E-state index in [0.717, 1.165) is 12.0 Å². The standard InChI is InChI=1S/C6H9BO3S/c1-2-5-3-6(11-4-5)10-7(8)9/h3-4,8-9H,2H2,1H3. The van der Waals surface area contributed by atoms with Crippen LogP contribution in [0.2, 0.25) is 0 Å². The summed E-state index contributed by atoms with van der Waals surface area (Å²) in [5.41, 5.74) is 1.14. The Balaban J connectivity index is 2.58. The van der Waals surface area contributed by atoms with Gasteiger partial charge < -0.3 is 14.7 Å². The minimum absolute atomic E-state index is 0.539. The van der Waals surface area contributed by atoms with E-state index in [1.54, 1.807) is 6.07 Å². The van der Waals surface area contributed by atoms with Crippen LogP contribution in [0.1, 0.15) is 12.5 Å². The molecule has 0 aliphatic rings. The summed E-state index contributed by atoms with van der Waals surface area (Å²) >= 11 is 1.36. The molecule has 0 saturated carbocycles. The molecule has 11 heavy (non-hydrogen) atoms. The monoisotopic (exact) mass is 172 g/mol. The van der Waals surface area contributed by atoms with Crippen LogP contribution in [0, 0.1) is 0 Å². The Kier molecular flexibility index (Phi) is 2.93. The van der Waals surface area contributed by atoms with Crippen molar-refractivity contribution in [3.63, 3.8) is 0 Å². The quantitative estimate of drug-likeness (QED) is 0.658. The summed E-state index contributed by atoms with van der Waals surface area (Å²) in [5, 5.41) is 19.3. The van der Waals surface area contributed by atoms with Crippen molar-refractivity contribution in [2.75, 3.05) is 0 Å². The van der Waals surface area contributed by atoms with Gasteiger partial charge in [0.25, 0.3) is 0 Å². The van der Waals surface area contributed by atoms with E-state index in [9.17, 15) is 0 Å². The van der Waals surface area contributed by atoms with Gasteiger partial charge in [0.15, 0.2) is 5.06 Å². The minimum Gasteiger partial charge on any atom is -0.504 e. The van der Waals surface area contributed by atoms with Crippen LogP contribution in [-0.4, -0.2) is 17.4 Å². The van der Waals surface area contributed by atoms with Gasteiger partial charge in [-0.25, -0.2) is 0 Å². The number of hydrogen-bond donors (Lipinski definition) is 2. The van der Waals surface area contributed by atoms with Gasteiger partial charge in [-0.3, -0.25) is 0 Å². The van der Waals surface area contributed by atoms with E-state index in [1.165, 1.54) is 11.3 Å². The number of thiophene rings is 1. The van der Waals surface area contributed by atoms with Crippen molar-refractivity contribution in [2.45, 2.75) is 13.3 Å². The molecule has 0 aliphatic heterocycles. The zero-order valence-electron chi connectivity index (χ0n) is 6.15. The molecule has 0 fully saturated rings. The summed E-state index contributed by atoms with van der Waals surface area (Å²) in [6, 6.07) is 1.80. The van der Waals surface area contributed by atoms with Crippen molar-refractivity contribution in [2.24, 2.45) is 0 Å². The fourth-order valence-corrected chi connectivity index (χ4v) is 1.57. The first-order valence-electron chi connectivity index (χ1n) is 3.32. The second-order valence-corrected chi connectivity index (χ2v) is 2.95. The van der Waals surface area contributed by atoms with E-state index in [2.05, 4.69) is 4.65 Å². The molecule has 1 heterocycles. The Morgan fingerprint density at radius 3 is 2.82 bits per heavy atom. The Morgan fingerprint density at radius 2 is 2.36 bits per heavy atom. The van der Waals surface area contributed by atoms with Crippen molar-refractivity contribution in [3.05, 3.63) is 17.0 Å². The van der Waals surface area contributed by atoms with Gasteiger partial charge in [0.2, 0.25) is 0 Å². The SMILES string of the molecule is CCc1csc(OB(O)O)c1. The Labute approximate surface area is 69.4 Å². The summed E-state index contributed by atoms with van der Waals surface area (Å²) in [5.74, 6) is 0. The average molecular weight is 172 g/mol. The van der Waals surface area contributed by atoms with Crippen molar-refractivity contribution >= 4 is 18.7 Å². The lowest BCUT2D eigenvalue weighted by molar-refractivity contribution is 0.291. The highest BCUT2D eigenvalue weighted by molar-refractivity contribution is 7.12. The molecule has 0 spiro atoms. The van der Waals surface area contributed by atoms with Crippen LogP contribution in [0.3, 0.4) is 0 Å². The maximum atomic E-state index is 8.43. The molecule has 5 heteroatoms. The van der Waals surface area contributed by atoms with Crippen LogP contribution in [0.4, 0.5) is 0 Å². The Bertz CT molecular complexity index is 223. The fourth-order valence-electron chi connectivity index (χ4n) is 0.704. The van der Waals surface area contributed by atoms with Gasteiger partial charge in [0, 0.05) is 0 Å². The molecule has 1 aromatic rings. The molecule has 0 bridgehead atoms. The van der Waals surface area contributed by atoms with Gasteiger partial charge in [-0.2, -0.15) is 0 Å². The summed E-state index contributed by atoms with van der Waals surface area (Å²) < 4.78 is 4.63. The first kappa shape index (κ1) is 8.58. The van der Waals surface area contributed by atoms with E-state index in [4.69, 9.17) is 10.0 Å². The third-order valence-electron chi connectivity index (χ3n) is 1.26. The largest absolute Gasteiger partial charge is 0.708 e. The van der Waals surface area contributed by atoms with Crippen molar-refractivity contribution in [1.29, 1.82) is 0 Å². The third-order valence-corrected chi connectivity index (χ3v) is 2.13. The van der Waals surface area contributed by atoms with Crippen molar-refractivity contribution in [3.8, 4) is 5.06 Å². The molecule has 3 nitrogen and oxygen atoms in total. The smallest absolute Gasteiger partial charge is 0.504 e. The van der Waals surface area contributed by atoms with Crippen LogP contribution in [0.5, 0.6) is 5.06 Å². The lowest BCUT2D eigenvalue weighted by atomic mass is 10.2. The predicted molar refractivity (Wildman–Crippen MR) is 44.5 cm³/mol. The molecule has 1 aromatic heterocycles. The minimum atomic E-state index is -1.71. The zero-order valence-corrected chi connectivity index (χ0v) is 6.97. The highest BCUT2D eigenvalue weighted by Crippen LogP contribution is 2.23. The van der Waals surface area contributed by atoms with Crippen LogP contribution >= 0.6 is 11.3 Å². The lowest BCUT2D eigenvalue weighted by Crippen LogP contribution is -2.19. The number of hydrogen-bond acceptors (Lipinski definition) is 4. The molecule has 0 saturated heterocycles. The molecule has 0 amide bonds. The maximum absolute atomic E-state index is 8.43. The van der Waals surface area contributed by atoms with E-state index in [1.807, 2.05) is 12.3 Å². The van der Waals surface area contributed by atoms with Crippen molar-refractivity contribution in [1.82, 2.24) is 0 Å². The van der Waals surface area contributed by atoms with E-state index in [0.29, 0.717) is 5.06 Å². The van der Waals surface area contributed by atoms with Gasteiger partial charge in [-0.05, 0) is 23.4 Å². The molecular formula is C6H9BO3S. The Morgan fingerprint density at radius 1 is 1.64 bits per heavy atom. The molecule has 0 unspecified atom stereocenters. The molecule has 0 atom stereocenters. The van der Waals surface area contributed by atoms with E-state index in [-0.39, 0.29) is 0 Å². The second kappa shape index (κ2) is 3.76. The first-order valence-corrected chi connectivity index (χ1v) is 4.20. The first-order chi connectivity index (χ1) is 5.22. The second-order valence-electron chi connectivity index (χ2n) is 2.07. The van der Waals surface area contributed by atoms with E-state index >= 15 is 0 Å². The average Bonchev–Trinajstić information content (AvgIpc) is 2.34. The van der Waals surface area contributed by atoms with Gasteiger partial charge >= 0.3 is 7.32 Å². The van der Waals surface area contributed by atoms with Crippen LogP contribution in [0.25, 0.3) is 0 Å². The fraction of sp³-hybridized carbons (Fsp3) is 0.333. The molecule has 0 aromatic carbocycles. The Hall–Kier alpha value is -0.515. The van der Waals surface area contributed by atoms with Gasteiger partial charge in [-0.15, -0.1) is 11.3 Å². The summed E-state index contributed by atoms with van der Waals surface area (Å²) in [6.07, 6.45) is 0.932. The van der Waals surface area contributed by atoms with E-state index < -0.39 is 7.32 Å². The predicted octanol–water partition coefficient (Wildman–Crippen LogP) is 0.659. The highest BCUT2D eigenvalue weighted by Gasteiger charge is 2.11. The van der Waals surface area contributed by atoms with Crippen LogP contribution in [-0.2, 0) is 6.42 Å². The van der Waals surface area contributed by atoms with Gasteiger partial charge in [0.1, 0.15) is 0 Å². The molecule has 60 valence electrons. The van der Waals surface area contributed by atoms with Crippen molar-refractivity contribution < 1.29 is 14.7 Å². The molecule has 0 radical (unpaired) electrons. The number of rotatable bonds is 3. The topological polar surface area (TPSA) is 49.7 Å². The maximum Gasteiger partial charge on any atom is 0.708 e. The normalized spacial score (nSPS) is 9.73. The molecule has 2 N–H and O–H groups in total. The molecule has 1 rings (SSSR count). The summed E-state index contributed by atoms with van der Waals surface area (Å²) in [4.78, 5) is 0.